The average Bonchev–Trinajstić information content (AvgIpc) is 3.16. The molecule has 3 aromatic rings. The van der Waals surface area contributed by atoms with Crippen LogP contribution in [0, 0.1) is 10.1 Å². The number of benzene rings is 2. The molecular formula is C19H20N4O7S. The number of ether oxygens (including phenoxy) is 2. The van der Waals surface area contributed by atoms with Gasteiger partial charge in [-0.2, -0.15) is 5.10 Å². The van der Waals surface area contributed by atoms with Gasteiger partial charge in [-0.1, -0.05) is 18.2 Å². The number of aromatic nitrogens is 2. The van der Waals surface area contributed by atoms with Crippen LogP contribution in [0.15, 0.2) is 53.6 Å². The molecule has 0 aliphatic rings. The largest absolute Gasteiger partial charge is 0.382 e. The molecule has 12 heteroatoms. The highest BCUT2D eigenvalue weighted by atomic mass is 32.2. The number of amides is 1. The summed E-state index contributed by atoms with van der Waals surface area (Å²) in [6.45, 7) is 1.43. The van der Waals surface area contributed by atoms with Crippen LogP contribution in [0.1, 0.15) is 10.4 Å². The van der Waals surface area contributed by atoms with E-state index in [1.807, 2.05) is 4.72 Å². The molecule has 11 nitrogen and oxygen atoms in total. The van der Waals surface area contributed by atoms with Crippen LogP contribution in [-0.4, -0.2) is 56.0 Å². The van der Waals surface area contributed by atoms with Crippen molar-refractivity contribution in [3.63, 3.8) is 0 Å². The maximum Gasteiger partial charge on any atom is 0.281 e. The van der Waals surface area contributed by atoms with Crippen molar-refractivity contribution in [3.8, 4) is 0 Å². The fraction of sp³-hybridized carbons (Fsp3) is 0.263. The Labute approximate surface area is 177 Å². The van der Waals surface area contributed by atoms with Gasteiger partial charge in [0.2, 0.25) is 0 Å². The van der Waals surface area contributed by atoms with E-state index in [0.29, 0.717) is 26.4 Å². The second kappa shape index (κ2) is 9.64. The number of hydrogen-bond acceptors (Lipinski definition) is 8. The Morgan fingerprint density at radius 2 is 1.94 bits per heavy atom. The van der Waals surface area contributed by atoms with E-state index in [-0.39, 0.29) is 16.5 Å². The van der Waals surface area contributed by atoms with Crippen LogP contribution in [0.3, 0.4) is 0 Å². The first kappa shape index (κ1) is 22.3. The smallest absolute Gasteiger partial charge is 0.281 e. The lowest BCUT2D eigenvalue weighted by atomic mass is 10.2. The topological polar surface area (TPSA) is 143 Å². The average molecular weight is 448 g/mol. The van der Waals surface area contributed by atoms with Crippen LogP contribution >= 0.6 is 0 Å². The van der Waals surface area contributed by atoms with Crippen molar-refractivity contribution in [1.82, 2.24) is 14.5 Å². The number of nitro benzene ring substituents is 1. The van der Waals surface area contributed by atoms with Crippen LogP contribution < -0.4 is 4.72 Å². The van der Waals surface area contributed by atoms with Gasteiger partial charge in [0.05, 0.1) is 41.6 Å². The summed E-state index contributed by atoms with van der Waals surface area (Å²) < 4.78 is 39.0. The Kier molecular flexibility index (Phi) is 6.95. The van der Waals surface area contributed by atoms with E-state index in [9.17, 15) is 23.3 Å². The second-order valence-electron chi connectivity index (χ2n) is 6.43. The molecule has 0 aliphatic carbocycles. The van der Waals surface area contributed by atoms with E-state index in [0.717, 1.165) is 6.07 Å². The fourth-order valence-corrected chi connectivity index (χ4v) is 3.80. The summed E-state index contributed by atoms with van der Waals surface area (Å²) in [4.78, 5) is 22.6. The molecule has 2 aromatic carbocycles. The van der Waals surface area contributed by atoms with Gasteiger partial charge in [-0.05, 0) is 18.2 Å². The van der Waals surface area contributed by atoms with Gasteiger partial charge in [0.15, 0.2) is 0 Å². The number of nitro groups is 1. The molecule has 0 radical (unpaired) electrons. The van der Waals surface area contributed by atoms with Crippen molar-refractivity contribution in [1.29, 1.82) is 0 Å². The van der Waals surface area contributed by atoms with Gasteiger partial charge in [0.25, 0.3) is 21.6 Å². The predicted octanol–water partition coefficient (Wildman–Crippen LogP) is 1.73. The number of carbonyl (C=O) groups is 1. The Hall–Kier alpha value is -3.35. The molecule has 3 rings (SSSR count). The number of non-ortho nitro benzene ring substituents is 1. The minimum absolute atomic E-state index is 0.110. The first-order valence-electron chi connectivity index (χ1n) is 9.16. The lowest BCUT2D eigenvalue weighted by Gasteiger charge is -2.07. The van der Waals surface area contributed by atoms with Crippen LogP contribution in [0.25, 0.3) is 10.9 Å². The Morgan fingerprint density at radius 1 is 1.19 bits per heavy atom. The van der Waals surface area contributed by atoms with Crippen molar-refractivity contribution < 1.29 is 27.6 Å². The van der Waals surface area contributed by atoms with Gasteiger partial charge in [0, 0.05) is 24.9 Å². The molecule has 1 aromatic heterocycles. The molecular weight excluding hydrogens is 428 g/mol. The lowest BCUT2D eigenvalue weighted by Crippen LogP contribution is -2.30. The van der Waals surface area contributed by atoms with Crippen LogP contribution in [0.2, 0.25) is 0 Å². The van der Waals surface area contributed by atoms with E-state index in [1.165, 1.54) is 29.1 Å². The van der Waals surface area contributed by atoms with E-state index in [1.54, 1.807) is 25.3 Å². The number of rotatable bonds is 10. The van der Waals surface area contributed by atoms with Gasteiger partial charge < -0.3 is 9.47 Å². The maximum atomic E-state index is 12.7. The van der Waals surface area contributed by atoms with Crippen molar-refractivity contribution in [2.75, 3.05) is 26.9 Å². The highest BCUT2D eigenvalue weighted by Gasteiger charge is 2.25. The molecule has 1 N–H and O–H groups in total. The van der Waals surface area contributed by atoms with E-state index in [4.69, 9.17) is 9.47 Å². The Bertz CT molecular complexity index is 1190. The van der Waals surface area contributed by atoms with Gasteiger partial charge in [-0.25, -0.2) is 13.1 Å². The zero-order valence-corrected chi connectivity index (χ0v) is 17.4. The summed E-state index contributed by atoms with van der Waals surface area (Å²) in [6.07, 6.45) is 1.45. The van der Waals surface area contributed by atoms with Gasteiger partial charge in [0.1, 0.15) is 5.52 Å². The van der Waals surface area contributed by atoms with Crippen molar-refractivity contribution in [2.45, 2.75) is 11.4 Å². The van der Waals surface area contributed by atoms with Gasteiger partial charge in [-0.15, -0.1) is 0 Å². The Balaban J connectivity index is 1.88. The quantitative estimate of drug-likeness (QED) is 0.281. The molecule has 0 spiro atoms. The third kappa shape index (κ3) is 5.42. The molecule has 0 atom stereocenters. The summed E-state index contributed by atoms with van der Waals surface area (Å²) in [5.74, 6) is -0.845. The van der Waals surface area contributed by atoms with E-state index in [2.05, 4.69) is 5.10 Å². The molecule has 1 amide bonds. The number of nitrogens with zero attached hydrogens (tertiary/aromatic N) is 3. The zero-order valence-electron chi connectivity index (χ0n) is 16.6. The summed E-state index contributed by atoms with van der Waals surface area (Å²) in [5.41, 5.74) is -0.186. The molecule has 31 heavy (non-hydrogen) atoms. The summed E-state index contributed by atoms with van der Waals surface area (Å²) in [5, 5.41) is 15.9. The third-order valence-electron chi connectivity index (χ3n) is 4.29. The van der Waals surface area contributed by atoms with Crippen LogP contribution in [-0.2, 0) is 26.0 Å². The van der Waals surface area contributed by atoms with E-state index >= 15 is 0 Å². The lowest BCUT2D eigenvalue weighted by molar-refractivity contribution is -0.383. The SMILES string of the molecule is COCCOCCn1cc2c([N+](=O)[O-])cc(S(=O)(=O)NC(=O)c3ccccc3)cc2n1. The van der Waals surface area contributed by atoms with Crippen LogP contribution in [0.4, 0.5) is 5.69 Å². The number of sulfonamides is 1. The molecule has 0 saturated heterocycles. The number of nitrogens with one attached hydrogen (secondary N) is 1. The molecule has 0 bridgehead atoms. The first-order valence-corrected chi connectivity index (χ1v) is 10.6. The minimum Gasteiger partial charge on any atom is -0.382 e. The summed E-state index contributed by atoms with van der Waals surface area (Å²) >= 11 is 0. The highest BCUT2D eigenvalue weighted by molar-refractivity contribution is 7.90. The molecule has 0 aliphatic heterocycles. The van der Waals surface area contributed by atoms with Crippen molar-refractivity contribution >= 4 is 32.5 Å². The van der Waals surface area contributed by atoms with Crippen molar-refractivity contribution in [3.05, 3.63) is 64.3 Å². The van der Waals surface area contributed by atoms with Gasteiger partial charge in [-0.3, -0.25) is 19.6 Å². The minimum atomic E-state index is -4.36. The summed E-state index contributed by atoms with van der Waals surface area (Å²) in [7, 11) is -2.81. The fourth-order valence-electron chi connectivity index (χ4n) is 2.78. The number of fused-ring (bicyclic) bond motifs is 1. The maximum absolute atomic E-state index is 12.7. The Morgan fingerprint density at radius 3 is 2.61 bits per heavy atom. The highest BCUT2D eigenvalue weighted by Crippen LogP contribution is 2.29. The van der Waals surface area contributed by atoms with Crippen molar-refractivity contribution in [2.24, 2.45) is 0 Å². The number of carbonyl (C=O) groups excluding carboxylic acids is 1. The normalized spacial score (nSPS) is 11.5. The zero-order chi connectivity index (χ0) is 22.4. The molecule has 164 valence electrons. The summed E-state index contributed by atoms with van der Waals surface area (Å²) in [6, 6.07) is 9.85. The number of methoxy groups -OCH3 is 1. The molecule has 0 fully saturated rings. The monoisotopic (exact) mass is 448 g/mol. The first-order chi connectivity index (χ1) is 14.8. The standard InChI is InChI=1S/C19H20N4O7S/c1-29-9-10-30-8-7-22-13-16-17(20-22)11-15(12-18(16)23(25)26)31(27,28)21-19(24)14-5-3-2-4-6-14/h2-6,11-13H,7-10H2,1H3,(H,21,24). The molecule has 1 heterocycles. The second-order valence-corrected chi connectivity index (χ2v) is 8.11. The predicted molar refractivity (Wildman–Crippen MR) is 110 cm³/mol. The van der Waals surface area contributed by atoms with Crippen LogP contribution in [0.5, 0.6) is 0 Å². The number of hydrogen-bond donors (Lipinski definition) is 1. The molecule has 0 saturated carbocycles. The third-order valence-corrected chi connectivity index (χ3v) is 5.60. The van der Waals surface area contributed by atoms with Gasteiger partial charge >= 0.3 is 0 Å². The van der Waals surface area contributed by atoms with E-state index < -0.39 is 31.4 Å². The molecule has 0 unspecified atom stereocenters.